The maximum atomic E-state index is 4.40. The molecule has 0 aliphatic carbocycles. The second-order valence-corrected chi connectivity index (χ2v) is 3.93. The summed E-state index contributed by atoms with van der Waals surface area (Å²) in [7, 11) is 1.95. The lowest BCUT2D eigenvalue weighted by Gasteiger charge is -2.03. The number of nitrogens with zero attached hydrogens (tertiary/aromatic N) is 4. The van der Waals surface area contributed by atoms with Gasteiger partial charge in [-0.2, -0.15) is 5.10 Å². The minimum absolute atomic E-state index is 0.728. The number of aryl methyl sites for hydroxylation is 2. The first-order valence-corrected chi connectivity index (χ1v) is 5.76. The van der Waals surface area contributed by atoms with E-state index in [1.54, 1.807) is 18.6 Å². The summed E-state index contributed by atoms with van der Waals surface area (Å²) in [6.45, 7) is 3.66. The van der Waals surface area contributed by atoms with E-state index in [1.165, 1.54) is 5.56 Å². The minimum atomic E-state index is 0.728. The highest BCUT2D eigenvalue weighted by molar-refractivity contribution is 5.16. The molecular weight excluding hydrogens is 214 g/mol. The normalized spacial score (nSPS) is 10.7. The summed E-state index contributed by atoms with van der Waals surface area (Å²) >= 11 is 0. The molecule has 0 amide bonds. The van der Waals surface area contributed by atoms with Crippen LogP contribution in [0.3, 0.4) is 0 Å². The van der Waals surface area contributed by atoms with Crippen molar-refractivity contribution in [3.63, 3.8) is 0 Å². The quantitative estimate of drug-likeness (QED) is 0.836. The summed E-state index contributed by atoms with van der Waals surface area (Å²) in [6.07, 6.45) is 8.18. The summed E-state index contributed by atoms with van der Waals surface area (Å²) in [5.74, 6) is 0. The Labute approximate surface area is 101 Å². The Kier molecular flexibility index (Phi) is 3.82. The Balaban J connectivity index is 1.90. The van der Waals surface area contributed by atoms with E-state index < -0.39 is 0 Å². The molecule has 5 heteroatoms. The molecule has 0 radical (unpaired) electrons. The molecule has 2 aromatic heterocycles. The SMILES string of the molecule is CCc1nn(C)cc1CNCc1cnccn1. The van der Waals surface area contributed by atoms with Gasteiger partial charge in [-0.05, 0) is 6.42 Å². The van der Waals surface area contributed by atoms with Crippen LogP contribution in [-0.4, -0.2) is 19.7 Å². The zero-order valence-corrected chi connectivity index (χ0v) is 10.2. The van der Waals surface area contributed by atoms with E-state index in [1.807, 2.05) is 11.7 Å². The lowest BCUT2D eigenvalue weighted by molar-refractivity contribution is 0.672. The fourth-order valence-corrected chi connectivity index (χ4v) is 1.78. The number of aromatic nitrogens is 4. The van der Waals surface area contributed by atoms with Crippen LogP contribution in [0, 0.1) is 0 Å². The summed E-state index contributed by atoms with van der Waals surface area (Å²) < 4.78 is 1.86. The first kappa shape index (κ1) is 11.7. The number of hydrogen-bond donors (Lipinski definition) is 1. The van der Waals surface area contributed by atoms with Crippen LogP contribution in [0.15, 0.2) is 24.8 Å². The topological polar surface area (TPSA) is 55.6 Å². The summed E-state index contributed by atoms with van der Waals surface area (Å²) in [5, 5.41) is 7.75. The van der Waals surface area contributed by atoms with Crippen molar-refractivity contribution >= 4 is 0 Å². The van der Waals surface area contributed by atoms with Gasteiger partial charge in [0.15, 0.2) is 0 Å². The Morgan fingerprint density at radius 2 is 2.18 bits per heavy atom. The lowest BCUT2D eigenvalue weighted by Crippen LogP contribution is -2.14. The molecule has 0 saturated carbocycles. The van der Waals surface area contributed by atoms with Crippen molar-refractivity contribution in [2.24, 2.45) is 7.05 Å². The Hall–Kier alpha value is -1.75. The maximum Gasteiger partial charge on any atom is 0.0724 e. The molecule has 0 bridgehead atoms. The van der Waals surface area contributed by atoms with Crippen molar-refractivity contribution in [3.8, 4) is 0 Å². The van der Waals surface area contributed by atoms with E-state index >= 15 is 0 Å². The van der Waals surface area contributed by atoms with Crippen LogP contribution >= 0.6 is 0 Å². The molecular formula is C12H17N5. The Morgan fingerprint density at radius 3 is 2.88 bits per heavy atom. The van der Waals surface area contributed by atoms with Gasteiger partial charge in [-0.15, -0.1) is 0 Å². The first-order chi connectivity index (χ1) is 8.29. The van der Waals surface area contributed by atoms with Crippen LogP contribution in [0.5, 0.6) is 0 Å². The molecule has 0 fully saturated rings. The van der Waals surface area contributed by atoms with Crippen molar-refractivity contribution in [1.29, 1.82) is 0 Å². The molecule has 90 valence electrons. The average molecular weight is 231 g/mol. The molecule has 1 N–H and O–H groups in total. The molecule has 0 unspecified atom stereocenters. The predicted molar refractivity (Wildman–Crippen MR) is 65.2 cm³/mol. The molecule has 0 saturated heterocycles. The zero-order chi connectivity index (χ0) is 12.1. The highest BCUT2D eigenvalue weighted by atomic mass is 15.3. The van der Waals surface area contributed by atoms with Crippen LogP contribution < -0.4 is 5.32 Å². The molecule has 5 nitrogen and oxygen atoms in total. The fraction of sp³-hybridized carbons (Fsp3) is 0.417. The van der Waals surface area contributed by atoms with Crippen LogP contribution in [0.1, 0.15) is 23.9 Å². The molecule has 2 aromatic rings. The number of nitrogens with one attached hydrogen (secondary N) is 1. The molecule has 0 aliphatic rings. The van der Waals surface area contributed by atoms with Crippen molar-refractivity contribution < 1.29 is 0 Å². The fourth-order valence-electron chi connectivity index (χ4n) is 1.78. The number of hydrogen-bond acceptors (Lipinski definition) is 4. The molecule has 0 aliphatic heterocycles. The first-order valence-electron chi connectivity index (χ1n) is 5.76. The smallest absolute Gasteiger partial charge is 0.0724 e. The van der Waals surface area contributed by atoms with Gasteiger partial charge in [-0.25, -0.2) is 0 Å². The second kappa shape index (κ2) is 5.54. The van der Waals surface area contributed by atoms with Crippen LogP contribution in [-0.2, 0) is 26.6 Å². The van der Waals surface area contributed by atoms with Crippen molar-refractivity contribution in [3.05, 3.63) is 41.7 Å². The zero-order valence-electron chi connectivity index (χ0n) is 10.2. The van der Waals surface area contributed by atoms with Gasteiger partial charge >= 0.3 is 0 Å². The predicted octanol–water partition coefficient (Wildman–Crippen LogP) is 1.06. The van der Waals surface area contributed by atoms with Gasteiger partial charge in [0.1, 0.15) is 0 Å². The lowest BCUT2D eigenvalue weighted by atomic mass is 10.2. The van der Waals surface area contributed by atoms with E-state index in [0.717, 1.165) is 30.9 Å². The molecule has 0 aromatic carbocycles. The van der Waals surface area contributed by atoms with E-state index in [9.17, 15) is 0 Å². The highest BCUT2D eigenvalue weighted by Crippen LogP contribution is 2.06. The van der Waals surface area contributed by atoms with Gasteiger partial charge < -0.3 is 5.32 Å². The molecule has 2 rings (SSSR count). The van der Waals surface area contributed by atoms with E-state index in [0.29, 0.717) is 0 Å². The molecule has 2 heterocycles. The third kappa shape index (κ3) is 3.10. The van der Waals surface area contributed by atoms with Crippen LogP contribution in [0.25, 0.3) is 0 Å². The molecule has 0 atom stereocenters. The monoisotopic (exact) mass is 231 g/mol. The Morgan fingerprint density at radius 1 is 1.29 bits per heavy atom. The van der Waals surface area contributed by atoms with Gasteiger partial charge in [0.2, 0.25) is 0 Å². The van der Waals surface area contributed by atoms with Gasteiger partial charge in [0, 0.05) is 50.5 Å². The summed E-state index contributed by atoms with van der Waals surface area (Å²) in [5.41, 5.74) is 3.35. The highest BCUT2D eigenvalue weighted by Gasteiger charge is 2.05. The van der Waals surface area contributed by atoms with Gasteiger partial charge in [0.25, 0.3) is 0 Å². The van der Waals surface area contributed by atoms with Crippen LogP contribution in [0.2, 0.25) is 0 Å². The van der Waals surface area contributed by atoms with E-state index in [-0.39, 0.29) is 0 Å². The standard InChI is InChI=1S/C12H17N5/c1-3-12-10(9-17(2)16-12)6-14-8-11-7-13-4-5-15-11/h4-5,7,9,14H,3,6,8H2,1-2H3. The van der Waals surface area contributed by atoms with E-state index in [2.05, 4.69) is 33.5 Å². The second-order valence-electron chi connectivity index (χ2n) is 3.93. The van der Waals surface area contributed by atoms with Gasteiger partial charge in [0.05, 0.1) is 11.4 Å². The third-order valence-electron chi connectivity index (χ3n) is 2.56. The van der Waals surface area contributed by atoms with Crippen LogP contribution in [0.4, 0.5) is 0 Å². The number of rotatable bonds is 5. The van der Waals surface area contributed by atoms with Crippen molar-refractivity contribution in [2.45, 2.75) is 26.4 Å². The Bertz CT molecular complexity index is 463. The van der Waals surface area contributed by atoms with Crippen molar-refractivity contribution in [1.82, 2.24) is 25.1 Å². The molecule has 17 heavy (non-hydrogen) atoms. The van der Waals surface area contributed by atoms with Gasteiger partial charge in [-0.1, -0.05) is 6.92 Å². The maximum absolute atomic E-state index is 4.40. The van der Waals surface area contributed by atoms with Crippen molar-refractivity contribution in [2.75, 3.05) is 0 Å². The minimum Gasteiger partial charge on any atom is -0.307 e. The van der Waals surface area contributed by atoms with E-state index in [4.69, 9.17) is 0 Å². The third-order valence-corrected chi connectivity index (χ3v) is 2.56. The summed E-state index contributed by atoms with van der Waals surface area (Å²) in [4.78, 5) is 8.24. The molecule has 0 spiro atoms. The largest absolute Gasteiger partial charge is 0.307 e. The summed E-state index contributed by atoms with van der Waals surface area (Å²) in [6, 6.07) is 0. The average Bonchev–Trinajstić information content (AvgIpc) is 2.71. The van der Waals surface area contributed by atoms with Gasteiger partial charge in [-0.3, -0.25) is 14.6 Å².